The van der Waals surface area contributed by atoms with Crippen LogP contribution in [0.4, 0.5) is 0 Å². The smallest absolute Gasteiger partial charge is 0.0988 e. The zero-order valence-corrected chi connectivity index (χ0v) is 10.2. The number of hydrogen-bond donors (Lipinski definition) is 0. The largest absolute Gasteiger partial charge is 0.263 e. The summed E-state index contributed by atoms with van der Waals surface area (Å²) in [5.74, 6) is 0. The van der Waals surface area contributed by atoms with E-state index < -0.39 is 7.00 Å². The van der Waals surface area contributed by atoms with Gasteiger partial charge in [0.15, 0.2) is 0 Å². The van der Waals surface area contributed by atoms with E-state index in [1.54, 1.807) is 0 Å². The minimum absolute atomic E-state index is 1.38. The highest BCUT2D eigenvalue weighted by molar-refractivity contribution is 7.94. The summed E-state index contributed by atoms with van der Waals surface area (Å²) in [6.07, 6.45) is 0. The minimum Gasteiger partial charge on any atom is -0.263 e. The van der Waals surface area contributed by atoms with Gasteiger partial charge in [-0.1, -0.05) is 8.53 Å². The Kier molecular flexibility index (Phi) is 4.24. The van der Waals surface area contributed by atoms with Crippen molar-refractivity contribution in [1.29, 1.82) is 0 Å². The highest BCUT2D eigenvalue weighted by Crippen LogP contribution is 2.56. The van der Waals surface area contributed by atoms with Crippen molar-refractivity contribution in [1.82, 2.24) is 14.0 Å². The first kappa shape index (κ1) is 11.6. The van der Waals surface area contributed by atoms with E-state index in [1.165, 1.54) is 0 Å². The molecule has 0 amide bonds. The molecule has 0 heterocycles. The fourth-order valence-electron chi connectivity index (χ4n) is 1.07. The second kappa shape index (κ2) is 4.02. The molecule has 11 heavy (non-hydrogen) atoms. The molecule has 0 unspecified atom stereocenters. The molecule has 0 aromatic carbocycles. The van der Waals surface area contributed by atoms with Gasteiger partial charge in [-0.05, 0) is 42.3 Å². The molecule has 0 N–H and O–H groups in total. The molecule has 0 bridgehead atoms. The van der Waals surface area contributed by atoms with Gasteiger partial charge in [-0.15, -0.1) is 0 Å². The van der Waals surface area contributed by atoms with Crippen molar-refractivity contribution in [3.05, 3.63) is 0 Å². The predicted octanol–water partition coefficient (Wildman–Crippen LogP) is 1.49. The maximum atomic E-state index is 3.82. The monoisotopic (exact) mass is 195 g/mol. The Morgan fingerprint density at radius 2 is 0.909 bits per heavy atom. The molecule has 0 aromatic heterocycles. The van der Waals surface area contributed by atoms with Crippen LogP contribution in [0.2, 0.25) is 0 Å². The van der Waals surface area contributed by atoms with E-state index in [0.717, 1.165) is 0 Å². The molecule has 3 nitrogen and oxygen atoms in total. The van der Waals surface area contributed by atoms with Crippen molar-refractivity contribution >= 4 is 15.5 Å². The van der Waals surface area contributed by atoms with Gasteiger partial charge in [0.1, 0.15) is 0 Å². The molecule has 0 aliphatic rings. The Bertz CT molecular complexity index is 137. The van der Waals surface area contributed by atoms with Crippen molar-refractivity contribution in [2.45, 2.75) is 0 Å². The SMILES string of the molecule is CN(C)P(=P)(N(C)C)N(C)C. The zero-order valence-electron chi connectivity index (χ0n) is 8.29. The lowest BCUT2D eigenvalue weighted by atomic mass is 11.2. The fraction of sp³-hybridized carbons (Fsp3) is 1.00. The summed E-state index contributed by atoms with van der Waals surface area (Å²) >= 11 is 0. The van der Waals surface area contributed by atoms with Gasteiger partial charge in [-0.25, -0.2) is 0 Å². The molecule has 0 aromatic rings. The van der Waals surface area contributed by atoms with Crippen molar-refractivity contribution in [3.63, 3.8) is 0 Å². The Hall–Kier alpha value is 0.610. The first-order valence-electron chi connectivity index (χ1n) is 3.51. The first-order chi connectivity index (χ1) is 4.83. The average molecular weight is 195 g/mol. The quantitative estimate of drug-likeness (QED) is 0.632. The van der Waals surface area contributed by atoms with Crippen molar-refractivity contribution in [2.75, 3.05) is 42.3 Å². The highest BCUT2D eigenvalue weighted by atomic mass is 31.8. The van der Waals surface area contributed by atoms with Crippen LogP contribution in [0.1, 0.15) is 0 Å². The van der Waals surface area contributed by atoms with E-state index in [-0.39, 0.29) is 0 Å². The van der Waals surface area contributed by atoms with Gasteiger partial charge in [0.05, 0.1) is 7.00 Å². The van der Waals surface area contributed by atoms with Crippen LogP contribution in [0, 0.1) is 0 Å². The lowest BCUT2D eigenvalue weighted by Crippen LogP contribution is -2.28. The van der Waals surface area contributed by atoms with Crippen LogP contribution >= 0.6 is 15.5 Å². The number of hydrogen-bond acceptors (Lipinski definition) is 0. The summed E-state index contributed by atoms with van der Waals surface area (Å²) < 4.78 is 6.64. The van der Waals surface area contributed by atoms with E-state index in [0.29, 0.717) is 0 Å². The standard InChI is InChI=1S/C6H19N3P2/c1-7(2)11(10,8(3)4)9(5)6/h10H,1-6H3. The van der Waals surface area contributed by atoms with Crippen LogP contribution in [0.15, 0.2) is 0 Å². The summed E-state index contributed by atoms with van der Waals surface area (Å²) in [7, 11) is 14.9. The highest BCUT2D eigenvalue weighted by Gasteiger charge is 2.22. The molecular weight excluding hydrogens is 176 g/mol. The second-order valence-electron chi connectivity index (χ2n) is 3.11. The summed E-state index contributed by atoms with van der Waals surface area (Å²) in [5.41, 5.74) is 0. The van der Waals surface area contributed by atoms with E-state index >= 15 is 0 Å². The van der Waals surface area contributed by atoms with E-state index in [2.05, 4.69) is 64.8 Å². The Balaban J connectivity index is 4.69. The summed E-state index contributed by atoms with van der Waals surface area (Å²) in [6, 6.07) is 0. The summed E-state index contributed by atoms with van der Waals surface area (Å²) in [5, 5.41) is 0. The van der Waals surface area contributed by atoms with Crippen LogP contribution in [0.25, 0.3) is 0 Å². The number of rotatable bonds is 3. The van der Waals surface area contributed by atoms with Gasteiger partial charge >= 0.3 is 0 Å². The molecule has 0 spiro atoms. The molecule has 0 aliphatic heterocycles. The lowest BCUT2D eigenvalue weighted by Gasteiger charge is -2.41. The maximum Gasteiger partial charge on any atom is 0.0988 e. The van der Waals surface area contributed by atoms with Crippen LogP contribution in [0.3, 0.4) is 0 Å². The summed E-state index contributed by atoms with van der Waals surface area (Å²) in [6.45, 7) is 0. The van der Waals surface area contributed by atoms with Crippen LogP contribution in [-0.2, 0) is 0 Å². The zero-order chi connectivity index (χ0) is 9.23. The topological polar surface area (TPSA) is 9.72 Å². The summed E-state index contributed by atoms with van der Waals surface area (Å²) in [4.78, 5) is 0. The van der Waals surface area contributed by atoms with E-state index in [1.807, 2.05) is 0 Å². The van der Waals surface area contributed by atoms with Gasteiger partial charge in [0, 0.05) is 0 Å². The average Bonchev–Trinajstić information content (AvgIpc) is 1.84. The van der Waals surface area contributed by atoms with Crippen molar-refractivity contribution < 1.29 is 0 Å². The number of nitrogens with zero attached hydrogens (tertiary/aromatic N) is 3. The Labute approximate surface area is 72.5 Å². The van der Waals surface area contributed by atoms with Crippen molar-refractivity contribution in [2.24, 2.45) is 0 Å². The maximum absolute atomic E-state index is 3.82. The fourth-order valence-corrected chi connectivity index (χ4v) is 3.22. The van der Waals surface area contributed by atoms with Crippen LogP contribution < -0.4 is 0 Å². The normalized spacial score (nSPS) is 13.5. The lowest BCUT2D eigenvalue weighted by molar-refractivity contribution is 0.486. The van der Waals surface area contributed by atoms with E-state index in [4.69, 9.17) is 0 Å². The van der Waals surface area contributed by atoms with E-state index in [9.17, 15) is 0 Å². The molecular formula is C6H19N3P2. The van der Waals surface area contributed by atoms with Gasteiger partial charge in [0.2, 0.25) is 0 Å². The minimum atomic E-state index is -1.38. The van der Waals surface area contributed by atoms with Gasteiger partial charge in [0.25, 0.3) is 0 Å². The van der Waals surface area contributed by atoms with Crippen LogP contribution in [-0.4, -0.2) is 56.3 Å². The third-order valence-corrected chi connectivity index (χ3v) is 8.62. The predicted molar refractivity (Wildman–Crippen MR) is 56.3 cm³/mol. The van der Waals surface area contributed by atoms with Crippen molar-refractivity contribution in [3.8, 4) is 0 Å². The molecule has 68 valence electrons. The molecule has 0 rings (SSSR count). The third-order valence-electron chi connectivity index (χ3n) is 1.67. The molecule has 0 fully saturated rings. The molecule has 0 aliphatic carbocycles. The Morgan fingerprint density at radius 3 is 0.909 bits per heavy atom. The van der Waals surface area contributed by atoms with Gasteiger partial charge in [-0.3, -0.25) is 14.0 Å². The molecule has 0 radical (unpaired) electrons. The Morgan fingerprint density at radius 1 is 0.727 bits per heavy atom. The molecule has 0 saturated heterocycles. The molecule has 0 saturated carbocycles. The molecule has 5 heteroatoms. The first-order valence-corrected chi connectivity index (χ1v) is 6.50. The van der Waals surface area contributed by atoms with Crippen LogP contribution in [0.5, 0.6) is 0 Å². The second-order valence-corrected chi connectivity index (χ2v) is 8.45. The van der Waals surface area contributed by atoms with Gasteiger partial charge < -0.3 is 0 Å². The third kappa shape index (κ3) is 2.27. The molecule has 0 atom stereocenters. The van der Waals surface area contributed by atoms with Gasteiger partial charge in [-0.2, -0.15) is 0 Å².